The third-order valence-corrected chi connectivity index (χ3v) is 8.84. The summed E-state index contributed by atoms with van der Waals surface area (Å²) in [7, 11) is 0. The maximum absolute atomic E-state index is 14.1. The van der Waals surface area contributed by atoms with Gasteiger partial charge in [0.25, 0.3) is 0 Å². The van der Waals surface area contributed by atoms with Crippen LogP contribution in [0.25, 0.3) is 0 Å². The molecule has 1 unspecified atom stereocenters. The van der Waals surface area contributed by atoms with Gasteiger partial charge in [0.2, 0.25) is 0 Å². The number of hydrogen-bond donors (Lipinski definition) is 2. The molecule has 10 heteroatoms. The molecule has 0 spiro atoms. The predicted octanol–water partition coefficient (Wildman–Crippen LogP) is 4.99. The van der Waals surface area contributed by atoms with E-state index in [9.17, 15) is 27.9 Å². The summed E-state index contributed by atoms with van der Waals surface area (Å²) in [5.41, 5.74) is 0.0860. The number of urea groups is 1. The lowest BCUT2D eigenvalue weighted by Crippen LogP contribution is -2.48. The van der Waals surface area contributed by atoms with Crippen molar-refractivity contribution in [2.75, 3.05) is 13.1 Å². The molecule has 2 saturated heterocycles. The maximum atomic E-state index is 14.1. The zero-order valence-corrected chi connectivity index (χ0v) is 21.5. The second-order valence-electron chi connectivity index (χ2n) is 11.4. The van der Waals surface area contributed by atoms with Gasteiger partial charge in [-0.3, -0.25) is 4.90 Å². The van der Waals surface area contributed by atoms with E-state index in [1.54, 1.807) is 12.1 Å². The van der Waals surface area contributed by atoms with Crippen LogP contribution in [-0.4, -0.2) is 58.3 Å². The zero-order chi connectivity index (χ0) is 27.3. The van der Waals surface area contributed by atoms with Crippen LogP contribution in [0.2, 0.25) is 0 Å². The van der Waals surface area contributed by atoms with Gasteiger partial charge < -0.3 is 15.2 Å². The van der Waals surface area contributed by atoms with E-state index < -0.39 is 41.5 Å². The van der Waals surface area contributed by atoms with E-state index in [2.05, 4.69) is 10.2 Å². The van der Waals surface area contributed by atoms with Crippen LogP contribution in [0.4, 0.5) is 22.8 Å². The van der Waals surface area contributed by atoms with Crippen molar-refractivity contribution in [2.45, 2.75) is 74.8 Å². The van der Waals surface area contributed by atoms with Gasteiger partial charge in [0.05, 0.1) is 5.60 Å². The normalized spacial score (nSPS) is 31.4. The fraction of sp³-hybridized carbons (Fsp3) is 0.517. The van der Waals surface area contributed by atoms with Gasteiger partial charge >= 0.3 is 12.1 Å². The Morgan fingerprint density at radius 2 is 1.69 bits per heavy atom. The van der Waals surface area contributed by atoms with Crippen molar-refractivity contribution in [2.24, 2.45) is 5.92 Å². The van der Waals surface area contributed by atoms with E-state index in [0.29, 0.717) is 31.4 Å². The molecule has 7 nitrogen and oxygen atoms in total. The standard InChI is InChI=1S/C29H32F3N3O4/c30-20-6-4-19(5-7-20)29(38)12-9-22(10-13-29)34-14-11-21(16-34)33-27(36)35-25(18-3-8-23(31)24(32)15-18)26(17-1-2-17)39-28(35)37/h3-8,15,17,21-22,25-26,38H,1-2,9-14,16H2,(H,33,36)/t21-,22?,25?,26+,29?/m1/s1. The van der Waals surface area contributed by atoms with Crippen molar-refractivity contribution in [1.29, 1.82) is 0 Å². The molecule has 0 radical (unpaired) electrons. The van der Waals surface area contributed by atoms with Crippen LogP contribution >= 0.6 is 0 Å². The molecule has 2 aliphatic heterocycles. The molecule has 4 aliphatic rings. The molecule has 0 bridgehead atoms. The van der Waals surface area contributed by atoms with Crippen molar-refractivity contribution < 1.29 is 32.6 Å². The van der Waals surface area contributed by atoms with Gasteiger partial charge in [-0.2, -0.15) is 0 Å². The molecule has 2 aliphatic carbocycles. The predicted molar refractivity (Wildman–Crippen MR) is 135 cm³/mol. The number of aliphatic hydroxyl groups is 1. The fourth-order valence-electron chi connectivity index (χ4n) is 6.50. The molecule has 4 fully saturated rings. The minimum Gasteiger partial charge on any atom is -0.443 e. The minimum atomic E-state index is -1.04. The van der Waals surface area contributed by atoms with E-state index in [1.807, 2.05) is 0 Å². The monoisotopic (exact) mass is 543 g/mol. The van der Waals surface area contributed by atoms with E-state index in [1.165, 1.54) is 18.2 Å². The van der Waals surface area contributed by atoms with Crippen molar-refractivity contribution >= 4 is 12.1 Å². The number of benzene rings is 2. The number of amides is 3. The number of nitrogens with one attached hydrogen (secondary N) is 1. The molecule has 39 heavy (non-hydrogen) atoms. The number of carbonyl (C=O) groups is 2. The number of rotatable bonds is 5. The van der Waals surface area contributed by atoms with Crippen molar-refractivity contribution in [1.82, 2.24) is 15.1 Å². The summed E-state index contributed by atoms with van der Waals surface area (Å²) >= 11 is 0. The van der Waals surface area contributed by atoms with Crippen LogP contribution < -0.4 is 5.32 Å². The Morgan fingerprint density at radius 1 is 0.974 bits per heavy atom. The largest absolute Gasteiger partial charge is 0.443 e. The minimum absolute atomic E-state index is 0.0895. The van der Waals surface area contributed by atoms with Crippen LogP contribution in [0.1, 0.15) is 62.1 Å². The number of halogens is 3. The van der Waals surface area contributed by atoms with Crippen molar-refractivity contribution in [3.05, 3.63) is 71.0 Å². The molecule has 0 aromatic heterocycles. The molecular formula is C29H32F3N3O4. The number of imide groups is 1. The highest BCUT2D eigenvalue weighted by molar-refractivity contribution is 5.93. The molecule has 2 saturated carbocycles. The molecule has 2 N–H and O–H groups in total. The Labute approximate surface area is 224 Å². The van der Waals surface area contributed by atoms with Gasteiger partial charge in [0.15, 0.2) is 11.6 Å². The topological polar surface area (TPSA) is 82.1 Å². The highest BCUT2D eigenvalue weighted by Gasteiger charge is 2.52. The molecule has 6 rings (SSSR count). The third kappa shape index (κ3) is 5.12. The summed E-state index contributed by atoms with van der Waals surface area (Å²) in [6, 6.07) is 8.10. The number of ether oxygens (including phenoxy) is 1. The zero-order valence-electron chi connectivity index (χ0n) is 21.5. The second kappa shape index (κ2) is 10.1. The Morgan fingerprint density at radius 3 is 2.36 bits per heavy atom. The van der Waals surface area contributed by atoms with Gasteiger partial charge in [-0.1, -0.05) is 18.2 Å². The quantitative estimate of drug-likeness (QED) is 0.556. The first-order chi connectivity index (χ1) is 18.7. The lowest BCUT2D eigenvalue weighted by molar-refractivity contribution is -0.0223. The number of cyclic esters (lactones) is 1. The van der Waals surface area contributed by atoms with E-state index in [-0.39, 0.29) is 23.8 Å². The molecule has 2 heterocycles. The Bertz CT molecular complexity index is 1250. The number of hydrogen-bond acceptors (Lipinski definition) is 5. The van der Waals surface area contributed by atoms with Gasteiger partial charge in [-0.25, -0.2) is 27.7 Å². The Hall–Kier alpha value is -3.11. The van der Waals surface area contributed by atoms with Crippen LogP contribution in [-0.2, 0) is 10.3 Å². The molecular weight excluding hydrogens is 511 g/mol. The fourth-order valence-corrected chi connectivity index (χ4v) is 6.50. The van der Waals surface area contributed by atoms with E-state index in [4.69, 9.17) is 4.74 Å². The summed E-state index contributed by atoms with van der Waals surface area (Å²) in [5.74, 6) is -2.27. The Balaban J connectivity index is 1.09. The number of nitrogens with zero attached hydrogens (tertiary/aromatic N) is 2. The Kier molecular flexibility index (Phi) is 6.79. The molecule has 3 amide bonds. The smallest absolute Gasteiger partial charge is 0.419 e. The van der Waals surface area contributed by atoms with E-state index >= 15 is 0 Å². The van der Waals surface area contributed by atoms with Crippen LogP contribution in [0.15, 0.2) is 42.5 Å². The van der Waals surface area contributed by atoms with Crippen LogP contribution in [0.3, 0.4) is 0 Å². The van der Waals surface area contributed by atoms with Gasteiger partial charge in [-0.15, -0.1) is 0 Å². The van der Waals surface area contributed by atoms with Crippen molar-refractivity contribution in [3.8, 4) is 0 Å². The van der Waals surface area contributed by atoms with Crippen LogP contribution in [0.5, 0.6) is 0 Å². The van der Waals surface area contributed by atoms with Gasteiger partial charge in [0.1, 0.15) is 18.0 Å². The summed E-state index contributed by atoms with van der Waals surface area (Å²) in [4.78, 5) is 29.5. The summed E-state index contributed by atoms with van der Waals surface area (Å²) in [6.07, 6.45) is 3.71. The second-order valence-corrected chi connectivity index (χ2v) is 11.4. The van der Waals surface area contributed by atoms with Crippen LogP contribution in [0, 0.1) is 23.4 Å². The third-order valence-electron chi connectivity index (χ3n) is 8.84. The highest BCUT2D eigenvalue weighted by Crippen LogP contribution is 2.46. The average molecular weight is 544 g/mol. The summed E-state index contributed by atoms with van der Waals surface area (Å²) < 4.78 is 46.5. The molecule has 2 aromatic rings. The maximum Gasteiger partial charge on any atom is 0.419 e. The summed E-state index contributed by atoms with van der Waals surface area (Å²) in [6.45, 7) is 1.38. The molecule has 3 atom stereocenters. The summed E-state index contributed by atoms with van der Waals surface area (Å²) in [5, 5.41) is 14.1. The first-order valence-electron chi connectivity index (χ1n) is 13.7. The first-order valence-corrected chi connectivity index (χ1v) is 13.7. The number of carbonyl (C=O) groups excluding carboxylic acids is 2. The van der Waals surface area contributed by atoms with Gasteiger partial charge in [0, 0.05) is 25.2 Å². The lowest BCUT2D eigenvalue weighted by atomic mass is 9.77. The SMILES string of the molecule is O=C(N[C@@H]1CCN(C2CCC(O)(c3ccc(F)cc3)CC2)C1)N1C(=O)O[C@@H](C2CC2)C1c1ccc(F)c(F)c1. The lowest BCUT2D eigenvalue weighted by Gasteiger charge is -2.40. The molecule has 208 valence electrons. The average Bonchev–Trinajstić information content (AvgIpc) is 3.56. The van der Waals surface area contributed by atoms with Crippen molar-refractivity contribution in [3.63, 3.8) is 0 Å². The number of likely N-dealkylation sites (tertiary alicyclic amines) is 1. The molecule has 2 aromatic carbocycles. The first kappa shape index (κ1) is 26.1. The highest BCUT2D eigenvalue weighted by atomic mass is 19.2. The van der Waals surface area contributed by atoms with Gasteiger partial charge in [-0.05, 0) is 86.3 Å². The van der Waals surface area contributed by atoms with E-state index in [0.717, 1.165) is 54.8 Å².